The van der Waals surface area contributed by atoms with Crippen LogP contribution in [0.5, 0.6) is 0 Å². The van der Waals surface area contributed by atoms with Gasteiger partial charge in [-0.25, -0.2) is 4.79 Å². The number of carboxylic acids is 2. The van der Waals surface area contributed by atoms with E-state index in [1.54, 1.807) is 0 Å². The highest BCUT2D eigenvalue weighted by molar-refractivity contribution is 5.89. The molecule has 1 aliphatic carbocycles. The first kappa shape index (κ1) is 12.4. The minimum absolute atomic E-state index is 0.0570. The highest BCUT2D eigenvalue weighted by Gasteiger charge is 2.38. The van der Waals surface area contributed by atoms with Gasteiger partial charge in [-0.15, -0.1) is 0 Å². The number of rotatable bonds is 6. The highest BCUT2D eigenvalue weighted by Crippen LogP contribution is 2.32. The van der Waals surface area contributed by atoms with E-state index >= 15 is 0 Å². The number of nitrogens with two attached hydrogens (primary N) is 1. The van der Waals surface area contributed by atoms with Crippen LogP contribution in [0.2, 0.25) is 0 Å². The molecule has 0 radical (unpaired) electrons. The number of amides is 1. The predicted octanol–water partition coefficient (Wildman–Crippen LogP) is -1.23. The minimum atomic E-state index is -1.21. The van der Waals surface area contributed by atoms with Crippen LogP contribution in [0, 0.1) is 5.92 Å². The van der Waals surface area contributed by atoms with Crippen LogP contribution in [0.1, 0.15) is 19.3 Å². The summed E-state index contributed by atoms with van der Waals surface area (Å²) in [6.45, 7) is 0. The molecule has 90 valence electrons. The van der Waals surface area contributed by atoms with Crippen LogP contribution in [0.3, 0.4) is 0 Å². The third-order valence-electron chi connectivity index (χ3n) is 2.39. The van der Waals surface area contributed by atoms with E-state index in [-0.39, 0.29) is 5.92 Å². The third-order valence-corrected chi connectivity index (χ3v) is 2.39. The molecule has 0 bridgehead atoms. The van der Waals surface area contributed by atoms with Gasteiger partial charge in [-0.2, -0.15) is 0 Å². The summed E-state index contributed by atoms with van der Waals surface area (Å²) in [7, 11) is 0. The molecule has 1 saturated carbocycles. The first-order valence-corrected chi connectivity index (χ1v) is 4.92. The number of hydrogen-bond donors (Lipinski definition) is 4. The third kappa shape index (κ3) is 3.50. The first-order chi connectivity index (χ1) is 7.41. The zero-order chi connectivity index (χ0) is 12.3. The van der Waals surface area contributed by atoms with Gasteiger partial charge in [0.15, 0.2) is 0 Å². The van der Waals surface area contributed by atoms with Gasteiger partial charge in [0.25, 0.3) is 0 Å². The van der Waals surface area contributed by atoms with Crippen LogP contribution in [0.15, 0.2) is 0 Å². The molecule has 2 atom stereocenters. The molecule has 5 N–H and O–H groups in total. The van der Waals surface area contributed by atoms with Crippen molar-refractivity contribution < 1.29 is 24.6 Å². The summed E-state index contributed by atoms with van der Waals surface area (Å²) in [4.78, 5) is 32.5. The van der Waals surface area contributed by atoms with Crippen molar-refractivity contribution in [3.05, 3.63) is 0 Å². The Labute approximate surface area is 91.6 Å². The maximum Gasteiger partial charge on any atom is 0.326 e. The minimum Gasteiger partial charge on any atom is -0.481 e. The topological polar surface area (TPSA) is 130 Å². The van der Waals surface area contributed by atoms with Gasteiger partial charge < -0.3 is 21.3 Å². The SMILES string of the molecule is NC(CC(=O)O)C(=O)NC(C(=O)O)C1CC1. The van der Waals surface area contributed by atoms with E-state index in [0.29, 0.717) is 0 Å². The standard InChI is InChI=1S/C9H14N2O5/c10-5(3-6(12)13)8(14)11-7(9(15)16)4-1-2-4/h4-5,7H,1-3,10H2,(H,11,14)(H,12,13)(H,15,16). The number of aliphatic carboxylic acids is 2. The first-order valence-electron chi connectivity index (χ1n) is 4.92. The Morgan fingerprint density at radius 1 is 1.31 bits per heavy atom. The summed E-state index contributed by atoms with van der Waals surface area (Å²) in [6, 6.07) is -2.16. The fourth-order valence-corrected chi connectivity index (χ4v) is 1.35. The van der Waals surface area contributed by atoms with Crippen molar-refractivity contribution in [2.75, 3.05) is 0 Å². The second kappa shape index (κ2) is 4.93. The molecular weight excluding hydrogens is 216 g/mol. The van der Waals surface area contributed by atoms with Crippen LogP contribution >= 0.6 is 0 Å². The van der Waals surface area contributed by atoms with Crippen molar-refractivity contribution in [3.8, 4) is 0 Å². The molecule has 0 saturated heterocycles. The van der Waals surface area contributed by atoms with Gasteiger partial charge in [-0.1, -0.05) is 0 Å². The van der Waals surface area contributed by atoms with Crippen molar-refractivity contribution in [2.45, 2.75) is 31.3 Å². The number of carboxylic acid groups (broad SMARTS) is 2. The van der Waals surface area contributed by atoms with E-state index in [0.717, 1.165) is 12.8 Å². The molecule has 0 spiro atoms. The summed E-state index contributed by atoms with van der Waals surface area (Å²) < 4.78 is 0. The number of nitrogens with one attached hydrogen (secondary N) is 1. The fourth-order valence-electron chi connectivity index (χ4n) is 1.35. The number of carbonyl (C=O) groups excluding carboxylic acids is 1. The summed E-state index contributed by atoms with van der Waals surface area (Å²) in [6.07, 6.45) is 1.000. The van der Waals surface area contributed by atoms with E-state index in [4.69, 9.17) is 15.9 Å². The fraction of sp³-hybridized carbons (Fsp3) is 0.667. The molecule has 1 fully saturated rings. The van der Waals surface area contributed by atoms with Gasteiger partial charge in [0, 0.05) is 0 Å². The van der Waals surface area contributed by atoms with Crippen molar-refractivity contribution in [3.63, 3.8) is 0 Å². The molecule has 0 aliphatic heterocycles. The van der Waals surface area contributed by atoms with Crippen molar-refractivity contribution in [1.29, 1.82) is 0 Å². The quantitative estimate of drug-likeness (QED) is 0.452. The maximum absolute atomic E-state index is 11.4. The normalized spacial score (nSPS) is 18.6. The summed E-state index contributed by atoms with van der Waals surface area (Å²) >= 11 is 0. The van der Waals surface area contributed by atoms with E-state index in [1.165, 1.54) is 0 Å². The Kier molecular flexibility index (Phi) is 3.83. The average Bonchev–Trinajstić information content (AvgIpc) is 2.95. The van der Waals surface area contributed by atoms with E-state index in [9.17, 15) is 14.4 Å². The lowest BCUT2D eigenvalue weighted by Crippen LogP contribution is -2.50. The highest BCUT2D eigenvalue weighted by atomic mass is 16.4. The van der Waals surface area contributed by atoms with Gasteiger partial charge in [-0.05, 0) is 18.8 Å². The Bertz CT molecular complexity index is 313. The largest absolute Gasteiger partial charge is 0.481 e. The molecule has 0 aromatic carbocycles. The molecule has 1 aliphatic rings. The van der Waals surface area contributed by atoms with Crippen LogP contribution in [-0.2, 0) is 14.4 Å². The van der Waals surface area contributed by atoms with Crippen molar-refractivity contribution in [1.82, 2.24) is 5.32 Å². The smallest absolute Gasteiger partial charge is 0.326 e. The summed E-state index contributed by atoms with van der Waals surface area (Å²) in [5, 5.41) is 19.5. The maximum atomic E-state index is 11.4. The van der Waals surface area contributed by atoms with Gasteiger partial charge in [0.2, 0.25) is 5.91 Å². The Morgan fingerprint density at radius 2 is 1.88 bits per heavy atom. The number of carbonyl (C=O) groups is 3. The second-order valence-corrected chi connectivity index (χ2v) is 3.87. The van der Waals surface area contributed by atoms with Gasteiger partial charge in [0.05, 0.1) is 12.5 Å². The van der Waals surface area contributed by atoms with E-state index in [1.807, 2.05) is 0 Å². The second-order valence-electron chi connectivity index (χ2n) is 3.87. The van der Waals surface area contributed by atoms with Crippen LogP contribution in [0.4, 0.5) is 0 Å². The number of hydrogen-bond acceptors (Lipinski definition) is 4. The molecule has 7 nitrogen and oxygen atoms in total. The van der Waals surface area contributed by atoms with Crippen LogP contribution in [0.25, 0.3) is 0 Å². The monoisotopic (exact) mass is 230 g/mol. The average molecular weight is 230 g/mol. The van der Waals surface area contributed by atoms with Crippen LogP contribution < -0.4 is 11.1 Å². The lowest BCUT2D eigenvalue weighted by atomic mass is 10.1. The van der Waals surface area contributed by atoms with Crippen LogP contribution in [-0.4, -0.2) is 40.1 Å². The van der Waals surface area contributed by atoms with E-state index < -0.39 is 36.4 Å². The molecule has 0 heterocycles. The molecule has 0 aromatic rings. The predicted molar refractivity (Wildman–Crippen MR) is 52.5 cm³/mol. The van der Waals surface area contributed by atoms with Gasteiger partial charge in [0.1, 0.15) is 6.04 Å². The molecule has 0 aromatic heterocycles. The Morgan fingerprint density at radius 3 is 2.25 bits per heavy atom. The summed E-state index contributed by atoms with van der Waals surface area (Å²) in [5.41, 5.74) is 5.30. The van der Waals surface area contributed by atoms with Crippen molar-refractivity contribution in [2.24, 2.45) is 11.7 Å². The lowest BCUT2D eigenvalue weighted by Gasteiger charge is -2.16. The zero-order valence-electron chi connectivity index (χ0n) is 8.55. The zero-order valence-corrected chi connectivity index (χ0v) is 8.55. The molecular formula is C9H14N2O5. The van der Waals surface area contributed by atoms with Gasteiger partial charge in [-0.3, -0.25) is 9.59 Å². The molecule has 2 unspecified atom stereocenters. The Hall–Kier alpha value is -1.63. The summed E-state index contributed by atoms with van der Waals surface area (Å²) in [5.74, 6) is -3.10. The Balaban J connectivity index is 2.47. The van der Waals surface area contributed by atoms with Crippen molar-refractivity contribution >= 4 is 17.8 Å². The molecule has 1 rings (SSSR count). The molecule has 7 heteroatoms. The lowest BCUT2D eigenvalue weighted by molar-refractivity contribution is -0.143. The van der Waals surface area contributed by atoms with Gasteiger partial charge >= 0.3 is 11.9 Å². The molecule has 1 amide bonds. The van der Waals surface area contributed by atoms with E-state index in [2.05, 4.69) is 5.32 Å². The molecule has 16 heavy (non-hydrogen) atoms.